The van der Waals surface area contributed by atoms with Crippen LogP contribution in [0.2, 0.25) is 0 Å². The molecular formula is C21H36O2S. The summed E-state index contributed by atoms with van der Waals surface area (Å²) in [5.41, 5.74) is 1.51. The molecule has 0 aromatic carbocycles. The normalized spacial score (nSPS) is 15.5. The average Bonchev–Trinajstić information content (AvgIpc) is 2.53. The lowest BCUT2D eigenvalue weighted by Gasteiger charge is -2.44. The quantitative estimate of drug-likeness (QED) is 0.351. The molecule has 0 atom stereocenters. The van der Waals surface area contributed by atoms with Crippen LogP contribution in [0.1, 0.15) is 92.4 Å². The van der Waals surface area contributed by atoms with Crippen LogP contribution in [0, 0.1) is 10.8 Å². The van der Waals surface area contributed by atoms with Gasteiger partial charge in [-0.05, 0) is 28.9 Å². The second-order valence-corrected chi connectivity index (χ2v) is 9.27. The zero-order valence-corrected chi connectivity index (χ0v) is 17.1. The van der Waals surface area contributed by atoms with Gasteiger partial charge in [0.15, 0.2) is 0 Å². The Morgan fingerprint density at radius 3 is 2.00 bits per heavy atom. The molecule has 0 heterocycles. The molecule has 0 spiro atoms. The minimum absolute atomic E-state index is 0.0433. The van der Waals surface area contributed by atoms with E-state index in [-0.39, 0.29) is 10.8 Å². The molecule has 2 nitrogen and oxygen atoms in total. The topological polar surface area (TPSA) is 34.1 Å². The Labute approximate surface area is 151 Å². The van der Waals surface area contributed by atoms with Gasteiger partial charge < -0.3 is 0 Å². The molecule has 0 fully saturated rings. The van der Waals surface area contributed by atoms with Crippen LogP contribution < -0.4 is 0 Å². The monoisotopic (exact) mass is 352 g/mol. The largest absolute Gasteiger partial charge is 0.217 e. The summed E-state index contributed by atoms with van der Waals surface area (Å²) in [6.07, 6.45) is 17.0. The van der Waals surface area contributed by atoms with Gasteiger partial charge in [0, 0.05) is 6.42 Å². The molecule has 0 saturated heterocycles. The van der Waals surface area contributed by atoms with Gasteiger partial charge in [0.2, 0.25) is 10.3 Å². The van der Waals surface area contributed by atoms with Crippen molar-refractivity contribution in [1.82, 2.24) is 0 Å². The van der Waals surface area contributed by atoms with Crippen molar-refractivity contribution >= 4 is 15.2 Å². The summed E-state index contributed by atoms with van der Waals surface area (Å²) in [4.78, 5) is 0.486. The van der Waals surface area contributed by atoms with Gasteiger partial charge in [0.25, 0.3) is 0 Å². The summed E-state index contributed by atoms with van der Waals surface area (Å²) in [6, 6.07) is 0. The van der Waals surface area contributed by atoms with E-state index in [9.17, 15) is 8.42 Å². The van der Waals surface area contributed by atoms with Crippen molar-refractivity contribution in [2.24, 2.45) is 10.8 Å². The predicted octanol–water partition coefficient (Wildman–Crippen LogP) is 6.12. The first-order valence-corrected chi connectivity index (χ1v) is 10.6. The molecule has 1 aliphatic carbocycles. The molecule has 0 aromatic heterocycles. The van der Waals surface area contributed by atoms with Gasteiger partial charge >= 0.3 is 0 Å². The first-order valence-electron chi connectivity index (χ1n) is 9.56. The molecule has 0 aliphatic heterocycles. The molecule has 0 saturated carbocycles. The smallest absolute Gasteiger partial charge is 0.184 e. The highest BCUT2D eigenvalue weighted by atomic mass is 32.2. The summed E-state index contributed by atoms with van der Waals surface area (Å²) in [5, 5.41) is 0. The van der Waals surface area contributed by atoms with Gasteiger partial charge in [-0.15, -0.1) is 0 Å². The molecule has 0 radical (unpaired) electrons. The zero-order valence-electron chi connectivity index (χ0n) is 16.3. The Kier molecular flexibility index (Phi) is 8.49. The lowest BCUT2D eigenvalue weighted by molar-refractivity contribution is 0.137. The van der Waals surface area contributed by atoms with Crippen LogP contribution in [0.15, 0.2) is 23.8 Å². The van der Waals surface area contributed by atoms with Gasteiger partial charge in [-0.25, -0.2) is 0 Å². The van der Waals surface area contributed by atoms with Crippen molar-refractivity contribution in [3.63, 3.8) is 0 Å². The third-order valence-corrected chi connectivity index (χ3v) is 6.74. The Bertz CT molecular complexity index is 581. The molecule has 138 valence electrons. The average molecular weight is 353 g/mol. The number of rotatable bonds is 10. The molecule has 0 N–H and O–H groups in total. The van der Waals surface area contributed by atoms with E-state index in [0.717, 1.165) is 0 Å². The third kappa shape index (κ3) is 5.91. The number of unbranched alkanes of at least 4 members (excludes halogenated alkanes) is 6. The van der Waals surface area contributed by atoms with Crippen LogP contribution in [-0.4, -0.2) is 13.3 Å². The molecule has 1 rings (SSSR count). The highest BCUT2D eigenvalue weighted by Gasteiger charge is 2.38. The Balaban J connectivity index is 2.56. The van der Waals surface area contributed by atoms with E-state index in [2.05, 4.69) is 40.7 Å². The molecule has 0 aromatic rings. The Morgan fingerprint density at radius 2 is 1.50 bits per heavy atom. The molecule has 24 heavy (non-hydrogen) atoms. The highest BCUT2D eigenvalue weighted by Crippen LogP contribution is 2.48. The van der Waals surface area contributed by atoms with Gasteiger partial charge in [0.05, 0.1) is 4.86 Å². The van der Waals surface area contributed by atoms with E-state index in [1.54, 1.807) is 6.08 Å². The van der Waals surface area contributed by atoms with Crippen molar-refractivity contribution in [3.05, 3.63) is 23.8 Å². The van der Waals surface area contributed by atoms with Crippen molar-refractivity contribution in [1.29, 1.82) is 0 Å². The first kappa shape index (κ1) is 21.2. The van der Waals surface area contributed by atoms with Crippen LogP contribution >= 0.6 is 0 Å². The van der Waals surface area contributed by atoms with Gasteiger partial charge in [-0.2, -0.15) is 8.42 Å². The molecule has 0 unspecified atom stereocenters. The molecular weight excluding hydrogens is 316 g/mol. The Hall–Kier alpha value is -0.830. The Morgan fingerprint density at radius 1 is 0.917 bits per heavy atom. The van der Waals surface area contributed by atoms with Crippen molar-refractivity contribution in [2.75, 3.05) is 0 Å². The summed E-state index contributed by atoms with van der Waals surface area (Å²) in [7, 11) is -2.09. The van der Waals surface area contributed by atoms with Gasteiger partial charge in [-0.1, -0.05) is 91.7 Å². The van der Waals surface area contributed by atoms with Crippen LogP contribution in [0.3, 0.4) is 0 Å². The molecule has 0 amide bonds. The lowest BCUT2D eigenvalue weighted by atomic mass is 9.61. The van der Waals surface area contributed by atoms with Crippen molar-refractivity contribution < 1.29 is 8.42 Å². The van der Waals surface area contributed by atoms with E-state index < -0.39 is 10.3 Å². The van der Waals surface area contributed by atoms with Crippen LogP contribution in [0.25, 0.3) is 0 Å². The first-order chi connectivity index (χ1) is 11.2. The van der Waals surface area contributed by atoms with Crippen molar-refractivity contribution in [2.45, 2.75) is 92.4 Å². The number of allylic oxidation sites excluding steroid dienone is 4. The number of hydrogen-bond donors (Lipinski definition) is 0. The van der Waals surface area contributed by atoms with Crippen LogP contribution in [0.4, 0.5) is 0 Å². The van der Waals surface area contributed by atoms with Crippen molar-refractivity contribution in [3.8, 4) is 0 Å². The fraction of sp³-hybridized carbons (Fsp3) is 0.762. The summed E-state index contributed by atoms with van der Waals surface area (Å²) >= 11 is 0. The second kappa shape index (κ2) is 9.60. The second-order valence-electron chi connectivity index (χ2n) is 8.28. The fourth-order valence-corrected chi connectivity index (χ4v) is 3.74. The summed E-state index contributed by atoms with van der Waals surface area (Å²) in [5.74, 6) is 0. The fourth-order valence-electron chi connectivity index (χ4n) is 3.34. The maximum atomic E-state index is 11.1. The number of hydrogen-bond acceptors (Lipinski definition) is 2. The summed E-state index contributed by atoms with van der Waals surface area (Å²) < 4.78 is 22.1. The molecule has 3 heteroatoms. The third-order valence-electron chi connectivity index (χ3n) is 6.00. The van der Waals surface area contributed by atoms with E-state index >= 15 is 0 Å². The van der Waals surface area contributed by atoms with Gasteiger partial charge in [0.1, 0.15) is 0 Å². The SMILES string of the molecule is CCCCCCCCCC(C)(C)C(C)(C)C1=CCC(=S(=O)=O)C=C1. The maximum Gasteiger partial charge on any atom is 0.217 e. The maximum absolute atomic E-state index is 11.1. The highest BCUT2D eigenvalue weighted by molar-refractivity contribution is 7.73. The van der Waals surface area contributed by atoms with E-state index in [0.29, 0.717) is 11.3 Å². The van der Waals surface area contributed by atoms with Crippen LogP contribution in [0.5, 0.6) is 0 Å². The van der Waals surface area contributed by atoms with E-state index in [1.807, 2.05) is 6.08 Å². The van der Waals surface area contributed by atoms with Crippen LogP contribution in [-0.2, 0) is 10.3 Å². The minimum Gasteiger partial charge on any atom is -0.184 e. The predicted molar refractivity (Wildman–Crippen MR) is 106 cm³/mol. The standard InChI is InChI=1S/C21H36O2S/c1-6-7-8-9-10-11-12-17-20(2,3)21(4,5)18-13-15-19(16-14-18)24(22)23/h13-15H,6-12,16-17H2,1-5H3. The minimum atomic E-state index is -2.09. The van der Waals surface area contributed by atoms with E-state index in [4.69, 9.17) is 0 Å². The summed E-state index contributed by atoms with van der Waals surface area (Å²) in [6.45, 7) is 11.6. The molecule has 1 aliphatic rings. The molecule has 0 bridgehead atoms. The zero-order chi connectivity index (χ0) is 18.2. The lowest BCUT2D eigenvalue weighted by Crippen LogP contribution is -2.34. The van der Waals surface area contributed by atoms with E-state index in [1.165, 1.54) is 56.9 Å². The van der Waals surface area contributed by atoms with Gasteiger partial charge in [-0.3, -0.25) is 0 Å².